The Morgan fingerprint density at radius 2 is 2.00 bits per heavy atom. The molecule has 1 amide bonds. The van der Waals surface area contributed by atoms with E-state index in [0.717, 1.165) is 5.56 Å². The molecule has 0 aromatic heterocycles. The van der Waals surface area contributed by atoms with Crippen LogP contribution in [0, 0.1) is 6.92 Å². The monoisotopic (exact) mass is 357 g/mol. The number of aliphatic carboxylic acids is 1. The van der Waals surface area contributed by atoms with Crippen molar-refractivity contribution in [1.29, 1.82) is 0 Å². The number of rotatable bonds is 8. The van der Waals surface area contributed by atoms with E-state index in [1.54, 1.807) is 39.0 Å². The first-order valence-electron chi connectivity index (χ1n) is 7.85. The maximum absolute atomic E-state index is 12.2. The molecule has 134 valence electrons. The lowest BCUT2D eigenvalue weighted by atomic mass is 10.2. The van der Waals surface area contributed by atoms with Crippen LogP contribution in [0.1, 0.15) is 32.8 Å². The number of carbonyl (C=O) groups is 2. The van der Waals surface area contributed by atoms with Crippen LogP contribution in [0.15, 0.2) is 18.2 Å². The van der Waals surface area contributed by atoms with E-state index >= 15 is 0 Å². The molecule has 0 saturated carbocycles. The highest BCUT2D eigenvalue weighted by Crippen LogP contribution is 2.21. The number of benzene rings is 1. The third-order valence-electron chi connectivity index (χ3n) is 3.35. The van der Waals surface area contributed by atoms with Gasteiger partial charge in [0.1, 0.15) is 18.4 Å². The average molecular weight is 358 g/mol. The number of carboxylic acid groups (broad SMARTS) is 1. The molecule has 0 radical (unpaired) electrons. The Morgan fingerprint density at radius 1 is 1.33 bits per heavy atom. The fourth-order valence-corrected chi connectivity index (χ4v) is 2.43. The molecule has 1 aromatic carbocycles. The Kier molecular flexibility index (Phi) is 7.85. The van der Waals surface area contributed by atoms with Crippen molar-refractivity contribution < 1.29 is 24.2 Å². The second-order valence-corrected chi connectivity index (χ2v) is 6.08. The molecule has 0 aliphatic heterocycles. The smallest absolute Gasteiger partial charge is 0.410 e. The van der Waals surface area contributed by atoms with Crippen LogP contribution in [0.25, 0.3) is 0 Å². The summed E-state index contributed by atoms with van der Waals surface area (Å²) in [6.45, 7) is 7.26. The topological polar surface area (TPSA) is 76.1 Å². The minimum Gasteiger partial charge on any atom is -0.491 e. The van der Waals surface area contributed by atoms with Crippen LogP contribution in [0.3, 0.4) is 0 Å². The van der Waals surface area contributed by atoms with Crippen molar-refractivity contribution in [2.45, 2.75) is 46.3 Å². The highest BCUT2D eigenvalue weighted by Gasteiger charge is 2.29. The molecular formula is C17H24ClNO5. The van der Waals surface area contributed by atoms with Crippen LogP contribution in [0.5, 0.6) is 5.75 Å². The fraction of sp³-hybridized carbons (Fsp3) is 0.529. The van der Waals surface area contributed by atoms with E-state index in [0.29, 0.717) is 10.8 Å². The van der Waals surface area contributed by atoms with Crippen molar-refractivity contribution in [2.75, 3.05) is 13.2 Å². The molecule has 0 saturated heterocycles. The van der Waals surface area contributed by atoms with Crippen molar-refractivity contribution in [3.8, 4) is 5.75 Å². The highest BCUT2D eigenvalue weighted by atomic mass is 35.5. The van der Waals surface area contributed by atoms with E-state index in [9.17, 15) is 14.7 Å². The van der Waals surface area contributed by atoms with Gasteiger partial charge in [0.05, 0.1) is 12.6 Å². The molecule has 6 nitrogen and oxygen atoms in total. The van der Waals surface area contributed by atoms with Gasteiger partial charge in [-0.05, 0) is 51.0 Å². The number of aryl methyl sites for hydroxylation is 1. The minimum atomic E-state index is -1.07. The SMILES string of the molecule is CCC(C(=O)O)N(CCOc1ccc(Cl)cc1C)C(=O)OC(C)C. The Balaban J connectivity index is 2.77. The Morgan fingerprint density at radius 3 is 2.50 bits per heavy atom. The highest BCUT2D eigenvalue weighted by molar-refractivity contribution is 6.30. The van der Waals surface area contributed by atoms with E-state index in [4.69, 9.17) is 21.1 Å². The number of carboxylic acids is 1. The van der Waals surface area contributed by atoms with Gasteiger partial charge in [-0.15, -0.1) is 0 Å². The summed E-state index contributed by atoms with van der Waals surface area (Å²) in [4.78, 5) is 24.7. The van der Waals surface area contributed by atoms with Gasteiger partial charge in [-0.25, -0.2) is 9.59 Å². The predicted octanol–water partition coefficient (Wildman–Crippen LogP) is 3.74. The lowest BCUT2D eigenvalue weighted by Crippen LogP contribution is -2.47. The van der Waals surface area contributed by atoms with E-state index < -0.39 is 18.1 Å². The molecule has 0 spiro atoms. The molecule has 1 atom stereocenters. The molecule has 1 unspecified atom stereocenters. The molecule has 0 bridgehead atoms. The molecule has 24 heavy (non-hydrogen) atoms. The van der Waals surface area contributed by atoms with Gasteiger partial charge in [0, 0.05) is 5.02 Å². The van der Waals surface area contributed by atoms with Gasteiger partial charge in [-0.3, -0.25) is 4.90 Å². The van der Waals surface area contributed by atoms with Crippen molar-refractivity contribution in [1.82, 2.24) is 4.90 Å². The van der Waals surface area contributed by atoms with Gasteiger partial charge in [0.25, 0.3) is 0 Å². The number of amides is 1. The zero-order valence-corrected chi connectivity index (χ0v) is 15.2. The Labute approximate surface area is 147 Å². The lowest BCUT2D eigenvalue weighted by molar-refractivity contribution is -0.143. The zero-order chi connectivity index (χ0) is 18.3. The normalized spacial score (nSPS) is 11.9. The predicted molar refractivity (Wildman–Crippen MR) is 91.7 cm³/mol. The first kappa shape index (κ1) is 20.1. The zero-order valence-electron chi connectivity index (χ0n) is 14.4. The minimum absolute atomic E-state index is 0.110. The van der Waals surface area contributed by atoms with Gasteiger partial charge >= 0.3 is 12.1 Å². The molecule has 1 aromatic rings. The van der Waals surface area contributed by atoms with Crippen molar-refractivity contribution in [3.63, 3.8) is 0 Å². The quantitative estimate of drug-likeness (QED) is 0.767. The van der Waals surface area contributed by atoms with Crippen molar-refractivity contribution in [3.05, 3.63) is 28.8 Å². The van der Waals surface area contributed by atoms with E-state index in [2.05, 4.69) is 0 Å². The van der Waals surface area contributed by atoms with Gasteiger partial charge in [0.2, 0.25) is 0 Å². The number of hydrogen-bond acceptors (Lipinski definition) is 4. The van der Waals surface area contributed by atoms with E-state index in [1.165, 1.54) is 4.90 Å². The summed E-state index contributed by atoms with van der Waals surface area (Å²) in [7, 11) is 0. The molecule has 0 aliphatic carbocycles. The molecule has 1 rings (SSSR count). The fourth-order valence-electron chi connectivity index (χ4n) is 2.20. The third-order valence-corrected chi connectivity index (χ3v) is 3.58. The first-order valence-corrected chi connectivity index (χ1v) is 8.23. The summed E-state index contributed by atoms with van der Waals surface area (Å²) < 4.78 is 10.8. The van der Waals surface area contributed by atoms with Gasteiger partial charge in [-0.2, -0.15) is 0 Å². The first-order chi connectivity index (χ1) is 11.3. The van der Waals surface area contributed by atoms with Crippen LogP contribution in [0.4, 0.5) is 4.79 Å². The van der Waals surface area contributed by atoms with E-state index in [-0.39, 0.29) is 25.7 Å². The second-order valence-electron chi connectivity index (χ2n) is 5.65. The van der Waals surface area contributed by atoms with Crippen LogP contribution in [-0.4, -0.2) is 47.4 Å². The van der Waals surface area contributed by atoms with Crippen LogP contribution in [-0.2, 0) is 9.53 Å². The number of hydrogen-bond donors (Lipinski definition) is 1. The summed E-state index contributed by atoms with van der Waals surface area (Å²) in [5.41, 5.74) is 0.865. The summed E-state index contributed by atoms with van der Waals surface area (Å²) >= 11 is 5.90. The standard InChI is InChI=1S/C17H24ClNO5/c1-5-14(16(20)21)19(17(22)24-11(2)3)8-9-23-15-7-6-13(18)10-12(15)4/h6-7,10-11,14H,5,8-9H2,1-4H3,(H,20,21). The molecule has 0 heterocycles. The number of carbonyl (C=O) groups excluding carboxylic acids is 1. The van der Waals surface area contributed by atoms with Gasteiger partial charge < -0.3 is 14.6 Å². The number of halogens is 1. The van der Waals surface area contributed by atoms with Crippen LogP contribution < -0.4 is 4.74 Å². The molecule has 1 N–H and O–H groups in total. The molecule has 7 heteroatoms. The largest absolute Gasteiger partial charge is 0.491 e. The number of nitrogens with zero attached hydrogens (tertiary/aromatic N) is 1. The van der Waals surface area contributed by atoms with Crippen LogP contribution in [0.2, 0.25) is 5.02 Å². The van der Waals surface area contributed by atoms with Crippen molar-refractivity contribution in [2.24, 2.45) is 0 Å². The van der Waals surface area contributed by atoms with Crippen LogP contribution >= 0.6 is 11.6 Å². The molecule has 0 aliphatic rings. The molecule has 0 fully saturated rings. The van der Waals surface area contributed by atoms with Gasteiger partial charge in [0.15, 0.2) is 0 Å². The second kappa shape index (κ2) is 9.37. The maximum Gasteiger partial charge on any atom is 0.410 e. The Bertz CT molecular complexity index is 576. The van der Waals surface area contributed by atoms with Crippen molar-refractivity contribution >= 4 is 23.7 Å². The lowest BCUT2D eigenvalue weighted by Gasteiger charge is -2.28. The molecular weight excluding hydrogens is 334 g/mol. The Hall–Kier alpha value is -1.95. The average Bonchev–Trinajstić information content (AvgIpc) is 2.47. The summed E-state index contributed by atoms with van der Waals surface area (Å²) in [6.07, 6.45) is -0.705. The maximum atomic E-state index is 12.2. The summed E-state index contributed by atoms with van der Waals surface area (Å²) in [6, 6.07) is 4.27. The third kappa shape index (κ3) is 5.92. The van der Waals surface area contributed by atoms with Gasteiger partial charge in [-0.1, -0.05) is 18.5 Å². The summed E-state index contributed by atoms with van der Waals surface area (Å²) in [5, 5.41) is 9.92. The number of ether oxygens (including phenoxy) is 2. The summed E-state index contributed by atoms with van der Waals surface area (Å²) in [5.74, 6) is -0.430. The van der Waals surface area contributed by atoms with E-state index in [1.807, 2.05) is 6.92 Å².